The van der Waals surface area contributed by atoms with Crippen molar-refractivity contribution in [3.63, 3.8) is 0 Å². The van der Waals surface area contributed by atoms with Gasteiger partial charge in [0.25, 0.3) is 0 Å². The molecule has 5 heteroatoms. The van der Waals surface area contributed by atoms with Gasteiger partial charge in [0, 0.05) is 11.4 Å². The monoisotopic (exact) mass is 329 g/mol. The number of nitrogens with one attached hydrogen (secondary N) is 1. The standard InChI is InChI=1S/C18H19NO3S/c1-13(23-12-14-6-4-3-5-7-14)17(20)19-16-10-8-15(9-11-16)18(21)22-2/h3-11,13H,12H2,1-2H3,(H,19,20). The first-order chi connectivity index (χ1) is 11.1. The van der Waals surface area contributed by atoms with E-state index in [1.54, 1.807) is 36.0 Å². The molecule has 0 aliphatic carbocycles. The number of benzene rings is 2. The first-order valence-corrected chi connectivity index (χ1v) is 8.30. The third-order valence-electron chi connectivity index (χ3n) is 3.29. The summed E-state index contributed by atoms with van der Waals surface area (Å²) in [6, 6.07) is 16.7. The van der Waals surface area contributed by atoms with E-state index in [4.69, 9.17) is 0 Å². The van der Waals surface area contributed by atoms with Gasteiger partial charge in [0.15, 0.2) is 0 Å². The summed E-state index contributed by atoms with van der Waals surface area (Å²) < 4.78 is 4.64. The minimum Gasteiger partial charge on any atom is -0.465 e. The molecule has 2 aromatic rings. The quantitative estimate of drug-likeness (QED) is 0.820. The highest BCUT2D eigenvalue weighted by molar-refractivity contribution is 7.99. The maximum absolute atomic E-state index is 12.2. The van der Waals surface area contributed by atoms with Crippen LogP contribution in [0.25, 0.3) is 0 Å². The average molecular weight is 329 g/mol. The van der Waals surface area contributed by atoms with Gasteiger partial charge in [-0.05, 0) is 36.8 Å². The lowest BCUT2D eigenvalue weighted by molar-refractivity contribution is -0.115. The number of ether oxygens (including phenoxy) is 1. The Hall–Kier alpha value is -2.27. The number of thioether (sulfide) groups is 1. The first kappa shape index (κ1) is 17.1. The summed E-state index contributed by atoms with van der Waals surface area (Å²) in [7, 11) is 1.34. The Morgan fingerprint density at radius 2 is 1.74 bits per heavy atom. The summed E-state index contributed by atoms with van der Waals surface area (Å²) in [5, 5.41) is 2.68. The molecule has 1 atom stereocenters. The van der Waals surface area contributed by atoms with Crippen LogP contribution in [0, 0.1) is 0 Å². The van der Waals surface area contributed by atoms with Gasteiger partial charge in [-0.15, -0.1) is 11.8 Å². The lowest BCUT2D eigenvalue weighted by atomic mass is 10.2. The van der Waals surface area contributed by atoms with Gasteiger partial charge in [-0.2, -0.15) is 0 Å². The molecule has 120 valence electrons. The molecule has 1 amide bonds. The van der Waals surface area contributed by atoms with E-state index < -0.39 is 5.97 Å². The Labute approximate surface area is 140 Å². The average Bonchev–Trinajstić information content (AvgIpc) is 2.60. The fourth-order valence-electron chi connectivity index (χ4n) is 1.92. The van der Waals surface area contributed by atoms with Crippen LogP contribution in [0.4, 0.5) is 5.69 Å². The van der Waals surface area contributed by atoms with Crippen molar-refractivity contribution in [2.24, 2.45) is 0 Å². The van der Waals surface area contributed by atoms with Crippen molar-refractivity contribution in [1.82, 2.24) is 0 Å². The molecule has 0 aliphatic rings. The molecule has 0 fully saturated rings. The van der Waals surface area contributed by atoms with Crippen LogP contribution < -0.4 is 5.32 Å². The zero-order valence-corrected chi connectivity index (χ0v) is 13.9. The number of hydrogen-bond donors (Lipinski definition) is 1. The van der Waals surface area contributed by atoms with Gasteiger partial charge in [-0.25, -0.2) is 4.79 Å². The van der Waals surface area contributed by atoms with E-state index in [1.165, 1.54) is 12.7 Å². The minimum atomic E-state index is -0.394. The molecular formula is C18H19NO3S. The summed E-state index contributed by atoms with van der Waals surface area (Å²) in [6.45, 7) is 1.88. The van der Waals surface area contributed by atoms with Gasteiger partial charge < -0.3 is 10.1 Å². The number of carbonyl (C=O) groups excluding carboxylic acids is 2. The number of methoxy groups -OCH3 is 1. The van der Waals surface area contributed by atoms with Crippen molar-refractivity contribution in [2.75, 3.05) is 12.4 Å². The van der Waals surface area contributed by atoms with E-state index in [0.717, 1.165) is 5.75 Å². The molecule has 0 aliphatic heterocycles. The lowest BCUT2D eigenvalue weighted by Gasteiger charge is -2.12. The number of hydrogen-bond acceptors (Lipinski definition) is 4. The first-order valence-electron chi connectivity index (χ1n) is 7.25. The largest absolute Gasteiger partial charge is 0.465 e. The Morgan fingerprint density at radius 3 is 2.35 bits per heavy atom. The second-order valence-corrected chi connectivity index (χ2v) is 6.33. The highest BCUT2D eigenvalue weighted by atomic mass is 32.2. The van der Waals surface area contributed by atoms with Gasteiger partial charge in [0.1, 0.15) is 0 Å². The predicted molar refractivity (Wildman–Crippen MR) is 93.6 cm³/mol. The molecule has 2 rings (SSSR count). The third kappa shape index (κ3) is 5.14. The van der Waals surface area contributed by atoms with E-state index >= 15 is 0 Å². The maximum atomic E-state index is 12.2. The number of anilines is 1. The summed E-state index contributed by atoms with van der Waals surface area (Å²) in [5.41, 5.74) is 2.31. The van der Waals surface area contributed by atoms with Crippen molar-refractivity contribution in [3.8, 4) is 0 Å². The molecule has 0 saturated carbocycles. The summed E-state index contributed by atoms with van der Waals surface area (Å²) in [6.07, 6.45) is 0. The normalized spacial score (nSPS) is 11.6. The molecule has 2 aromatic carbocycles. The molecule has 1 N–H and O–H groups in total. The van der Waals surface area contributed by atoms with Gasteiger partial charge in [-0.3, -0.25) is 4.79 Å². The zero-order chi connectivity index (χ0) is 16.7. The van der Waals surface area contributed by atoms with Crippen LogP contribution in [0.5, 0.6) is 0 Å². The fourth-order valence-corrected chi connectivity index (χ4v) is 2.77. The van der Waals surface area contributed by atoms with Crippen LogP contribution in [-0.4, -0.2) is 24.2 Å². The fraction of sp³-hybridized carbons (Fsp3) is 0.222. The van der Waals surface area contributed by atoms with Crippen molar-refractivity contribution in [2.45, 2.75) is 17.9 Å². The van der Waals surface area contributed by atoms with Crippen LogP contribution in [0.3, 0.4) is 0 Å². The predicted octanol–water partition coefficient (Wildman–Crippen LogP) is 3.73. The van der Waals surface area contributed by atoms with E-state index in [9.17, 15) is 9.59 Å². The number of esters is 1. The minimum absolute atomic E-state index is 0.0586. The van der Waals surface area contributed by atoms with E-state index in [-0.39, 0.29) is 11.2 Å². The molecule has 0 radical (unpaired) electrons. The summed E-state index contributed by atoms with van der Waals surface area (Å²) in [4.78, 5) is 23.5. The highest BCUT2D eigenvalue weighted by Crippen LogP contribution is 2.19. The smallest absolute Gasteiger partial charge is 0.337 e. The van der Waals surface area contributed by atoms with Gasteiger partial charge in [0.05, 0.1) is 17.9 Å². The molecule has 23 heavy (non-hydrogen) atoms. The summed E-state index contributed by atoms with van der Waals surface area (Å²) >= 11 is 1.58. The Balaban J connectivity index is 1.86. The molecule has 0 spiro atoms. The van der Waals surface area contributed by atoms with Crippen molar-refractivity contribution in [3.05, 3.63) is 65.7 Å². The second kappa shape index (κ2) is 8.39. The van der Waals surface area contributed by atoms with Crippen molar-refractivity contribution >= 4 is 29.3 Å². The molecular weight excluding hydrogens is 310 g/mol. The Bertz CT molecular complexity index is 656. The third-order valence-corrected chi connectivity index (χ3v) is 4.50. The number of carbonyl (C=O) groups is 2. The summed E-state index contributed by atoms with van der Waals surface area (Å²) in [5.74, 6) is 0.336. The van der Waals surface area contributed by atoms with Gasteiger partial charge >= 0.3 is 5.97 Å². The second-order valence-electron chi connectivity index (χ2n) is 5.00. The van der Waals surface area contributed by atoms with Crippen LogP contribution in [0.15, 0.2) is 54.6 Å². The van der Waals surface area contributed by atoms with E-state index in [2.05, 4.69) is 10.1 Å². The SMILES string of the molecule is COC(=O)c1ccc(NC(=O)C(C)SCc2ccccc2)cc1. The lowest BCUT2D eigenvalue weighted by Crippen LogP contribution is -2.22. The topological polar surface area (TPSA) is 55.4 Å². The van der Waals surface area contributed by atoms with Crippen LogP contribution in [-0.2, 0) is 15.3 Å². The maximum Gasteiger partial charge on any atom is 0.337 e. The van der Waals surface area contributed by atoms with Crippen molar-refractivity contribution < 1.29 is 14.3 Å². The highest BCUT2D eigenvalue weighted by Gasteiger charge is 2.14. The van der Waals surface area contributed by atoms with Gasteiger partial charge in [-0.1, -0.05) is 30.3 Å². The van der Waals surface area contributed by atoms with Crippen LogP contribution >= 0.6 is 11.8 Å². The van der Waals surface area contributed by atoms with Gasteiger partial charge in [0.2, 0.25) is 5.91 Å². The zero-order valence-electron chi connectivity index (χ0n) is 13.1. The molecule has 0 bridgehead atoms. The molecule has 0 saturated heterocycles. The van der Waals surface area contributed by atoms with Crippen LogP contribution in [0.1, 0.15) is 22.8 Å². The Kier molecular flexibility index (Phi) is 6.23. The molecule has 0 heterocycles. The van der Waals surface area contributed by atoms with Crippen LogP contribution in [0.2, 0.25) is 0 Å². The molecule has 0 aromatic heterocycles. The van der Waals surface area contributed by atoms with Crippen molar-refractivity contribution in [1.29, 1.82) is 0 Å². The number of amides is 1. The number of rotatable bonds is 6. The Morgan fingerprint density at radius 1 is 1.09 bits per heavy atom. The molecule has 1 unspecified atom stereocenters. The van der Waals surface area contributed by atoms with E-state index in [1.807, 2.05) is 37.3 Å². The van der Waals surface area contributed by atoms with E-state index in [0.29, 0.717) is 11.3 Å². The molecule has 4 nitrogen and oxygen atoms in total.